The summed E-state index contributed by atoms with van der Waals surface area (Å²) < 4.78 is 13.3. The van der Waals surface area contributed by atoms with Crippen molar-refractivity contribution >= 4 is 5.97 Å². The minimum Gasteiger partial charge on any atom is -0.481 e. The van der Waals surface area contributed by atoms with Gasteiger partial charge in [0.05, 0.1) is 5.92 Å². The van der Waals surface area contributed by atoms with Crippen LogP contribution in [-0.2, 0) is 17.6 Å². The van der Waals surface area contributed by atoms with Gasteiger partial charge in [-0.1, -0.05) is 12.1 Å². The maximum atomic E-state index is 13.3. The predicted molar refractivity (Wildman–Crippen MR) is 49.6 cm³/mol. The molecule has 1 aromatic rings. The monoisotopic (exact) mass is 194 g/mol. The number of halogens is 1. The van der Waals surface area contributed by atoms with E-state index in [1.54, 1.807) is 6.07 Å². The molecule has 1 aliphatic rings. The molecule has 2 rings (SSSR count). The Labute approximate surface area is 81.4 Å². The molecule has 0 saturated carbocycles. The second kappa shape index (κ2) is 3.40. The summed E-state index contributed by atoms with van der Waals surface area (Å²) in [6.45, 7) is 0. The van der Waals surface area contributed by atoms with Gasteiger partial charge in [-0.05, 0) is 36.5 Å². The topological polar surface area (TPSA) is 37.3 Å². The highest BCUT2D eigenvalue weighted by Crippen LogP contribution is 2.27. The van der Waals surface area contributed by atoms with Gasteiger partial charge >= 0.3 is 5.97 Å². The van der Waals surface area contributed by atoms with Gasteiger partial charge in [0.25, 0.3) is 0 Å². The summed E-state index contributed by atoms with van der Waals surface area (Å²) in [4.78, 5) is 10.8. The van der Waals surface area contributed by atoms with Crippen LogP contribution in [0.1, 0.15) is 17.5 Å². The van der Waals surface area contributed by atoms with Crippen LogP contribution in [0.4, 0.5) is 4.39 Å². The van der Waals surface area contributed by atoms with Crippen LogP contribution in [0.15, 0.2) is 18.2 Å². The van der Waals surface area contributed by atoms with Crippen LogP contribution in [0.3, 0.4) is 0 Å². The zero-order valence-electron chi connectivity index (χ0n) is 7.66. The molecule has 0 heterocycles. The Hall–Kier alpha value is -1.38. The van der Waals surface area contributed by atoms with Crippen LogP contribution >= 0.6 is 0 Å². The van der Waals surface area contributed by atoms with E-state index < -0.39 is 5.97 Å². The van der Waals surface area contributed by atoms with Gasteiger partial charge in [0.1, 0.15) is 5.82 Å². The fraction of sp³-hybridized carbons (Fsp3) is 0.364. The summed E-state index contributed by atoms with van der Waals surface area (Å²) in [6, 6.07) is 4.88. The van der Waals surface area contributed by atoms with Crippen molar-refractivity contribution in [2.75, 3.05) is 0 Å². The molecule has 0 saturated heterocycles. The molecule has 14 heavy (non-hydrogen) atoms. The lowest BCUT2D eigenvalue weighted by Gasteiger charge is -2.21. The number of fused-ring (bicyclic) bond motifs is 1. The molecular formula is C11H11FO2. The van der Waals surface area contributed by atoms with E-state index in [-0.39, 0.29) is 11.7 Å². The van der Waals surface area contributed by atoms with Crippen molar-refractivity contribution in [3.63, 3.8) is 0 Å². The van der Waals surface area contributed by atoms with Crippen molar-refractivity contribution in [3.8, 4) is 0 Å². The van der Waals surface area contributed by atoms with Gasteiger partial charge in [-0.25, -0.2) is 4.39 Å². The standard InChI is InChI=1S/C11H11FO2/c12-10-3-1-2-7-6-8(11(13)14)4-5-9(7)10/h1-3,8H,4-6H2,(H,13,14). The fourth-order valence-corrected chi connectivity index (χ4v) is 1.97. The Kier molecular flexibility index (Phi) is 2.23. The van der Waals surface area contributed by atoms with E-state index in [1.165, 1.54) is 6.07 Å². The van der Waals surface area contributed by atoms with E-state index in [1.807, 2.05) is 6.07 Å². The fourth-order valence-electron chi connectivity index (χ4n) is 1.97. The van der Waals surface area contributed by atoms with Gasteiger partial charge in [-0.3, -0.25) is 4.79 Å². The van der Waals surface area contributed by atoms with Crippen molar-refractivity contribution in [3.05, 3.63) is 35.1 Å². The highest BCUT2D eigenvalue weighted by Gasteiger charge is 2.25. The Bertz CT molecular complexity index is 374. The number of hydrogen-bond donors (Lipinski definition) is 1. The Morgan fingerprint density at radius 3 is 3.00 bits per heavy atom. The van der Waals surface area contributed by atoms with E-state index in [2.05, 4.69) is 0 Å². The van der Waals surface area contributed by atoms with E-state index in [0.717, 1.165) is 5.56 Å². The highest BCUT2D eigenvalue weighted by atomic mass is 19.1. The molecule has 74 valence electrons. The van der Waals surface area contributed by atoms with Crippen molar-refractivity contribution in [1.82, 2.24) is 0 Å². The van der Waals surface area contributed by atoms with Gasteiger partial charge in [-0.2, -0.15) is 0 Å². The summed E-state index contributed by atoms with van der Waals surface area (Å²) in [5.74, 6) is -1.32. The normalized spacial score (nSPS) is 20.2. The average molecular weight is 194 g/mol. The van der Waals surface area contributed by atoms with Crippen molar-refractivity contribution in [1.29, 1.82) is 0 Å². The first kappa shape index (κ1) is 9.19. The molecule has 1 unspecified atom stereocenters. The van der Waals surface area contributed by atoms with Gasteiger partial charge < -0.3 is 5.11 Å². The molecule has 0 aromatic heterocycles. The van der Waals surface area contributed by atoms with Crippen LogP contribution in [0.2, 0.25) is 0 Å². The maximum Gasteiger partial charge on any atom is 0.306 e. The van der Waals surface area contributed by atoms with E-state index >= 15 is 0 Å². The molecule has 2 nitrogen and oxygen atoms in total. The zero-order valence-corrected chi connectivity index (χ0v) is 7.66. The molecule has 0 aliphatic heterocycles. The van der Waals surface area contributed by atoms with Crippen LogP contribution in [0.25, 0.3) is 0 Å². The molecular weight excluding hydrogens is 183 g/mol. The number of carboxylic acids is 1. The summed E-state index contributed by atoms with van der Waals surface area (Å²) in [6.07, 6.45) is 1.55. The third-order valence-electron chi connectivity index (χ3n) is 2.77. The van der Waals surface area contributed by atoms with Gasteiger partial charge in [0.15, 0.2) is 0 Å². The van der Waals surface area contributed by atoms with E-state index in [9.17, 15) is 9.18 Å². The van der Waals surface area contributed by atoms with Gasteiger partial charge in [0.2, 0.25) is 0 Å². The molecule has 0 bridgehead atoms. The minimum atomic E-state index is -0.778. The molecule has 1 atom stereocenters. The number of hydrogen-bond acceptors (Lipinski definition) is 1. The van der Waals surface area contributed by atoms with Crippen LogP contribution in [0.5, 0.6) is 0 Å². The van der Waals surface area contributed by atoms with Crippen LogP contribution in [-0.4, -0.2) is 11.1 Å². The van der Waals surface area contributed by atoms with Gasteiger partial charge in [-0.15, -0.1) is 0 Å². The molecule has 0 amide bonds. The average Bonchev–Trinajstić information content (AvgIpc) is 2.17. The lowest BCUT2D eigenvalue weighted by Crippen LogP contribution is -2.22. The number of benzene rings is 1. The number of carboxylic acid groups (broad SMARTS) is 1. The largest absolute Gasteiger partial charge is 0.481 e. The third-order valence-corrected chi connectivity index (χ3v) is 2.77. The molecule has 0 radical (unpaired) electrons. The summed E-state index contributed by atoms with van der Waals surface area (Å²) >= 11 is 0. The van der Waals surface area contributed by atoms with Crippen molar-refractivity contribution < 1.29 is 14.3 Å². The third kappa shape index (κ3) is 1.50. The van der Waals surface area contributed by atoms with Crippen LogP contribution in [0, 0.1) is 11.7 Å². The molecule has 3 heteroatoms. The first-order chi connectivity index (χ1) is 6.68. The second-order valence-corrected chi connectivity index (χ2v) is 3.66. The Morgan fingerprint density at radius 2 is 2.29 bits per heavy atom. The molecule has 1 aromatic carbocycles. The summed E-state index contributed by atoms with van der Waals surface area (Å²) in [5.41, 5.74) is 1.55. The lowest BCUT2D eigenvalue weighted by atomic mass is 9.84. The van der Waals surface area contributed by atoms with Gasteiger partial charge in [0, 0.05) is 0 Å². The molecule has 1 aliphatic carbocycles. The Morgan fingerprint density at radius 1 is 1.50 bits per heavy atom. The minimum absolute atomic E-state index is 0.202. The first-order valence-corrected chi connectivity index (χ1v) is 4.67. The smallest absolute Gasteiger partial charge is 0.306 e. The summed E-state index contributed by atoms with van der Waals surface area (Å²) in [7, 11) is 0. The highest BCUT2D eigenvalue weighted by molar-refractivity contribution is 5.71. The number of aliphatic carboxylic acids is 1. The SMILES string of the molecule is O=C(O)C1CCc2c(F)cccc2C1. The lowest BCUT2D eigenvalue weighted by molar-refractivity contribution is -0.142. The number of rotatable bonds is 1. The second-order valence-electron chi connectivity index (χ2n) is 3.66. The predicted octanol–water partition coefficient (Wildman–Crippen LogP) is 2.02. The van der Waals surface area contributed by atoms with Crippen LogP contribution < -0.4 is 0 Å². The zero-order chi connectivity index (χ0) is 10.1. The molecule has 1 N–H and O–H groups in total. The Balaban J connectivity index is 2.31. The maximum absolute atomic E-state index is 13.3. The molecule has 0 spiro atoms. The quantitative estimate of drug-likeness (QED) is 0.742. The van der Waals surface area contributed by atoms with E-state index in [0.29, 0.717) is 24.8 Å². The summed E-state index contributed by atoms with van der Waals surface area (Å²) in [5, 5.41) is 8.84. The van der Waals surface area contributed by atoms with E-state index in [4.69, 9.17) is 5.11 Å². The first-order valence-electron chi connectivity index (χ1n) is 4.67. The van der Waals surface area contributed by atoms with Crippen molar-refractivity contribution in [2.24, 2.45) is 5.92 Å². The number of carbonyl (C=O) groups is 1. The molecule has 0 fully saturated rings. The van der Waals surface area contributed by atoms with Crippen molar-refractivity contribution in [2.45, 2.75) is 19.3 Å².